The van der Waals surface area contributed by atoms with Crippen LogP contribution in [0.3, 0.4) is 0 Å². The number of likely N-dealkylation sites (tertiary alicyclic amines) is 1. The van der Waals surface area contributed by atoms with E-state index < -0.39 is 5.60 Å². The van der Waals surface area contributed by atoms with Crippen molar-refractivity contribution in [3.8, 4) is 5.69 Å². The summed E-state index contributed by atoms with van der Waals surface area (Å²) in [5.74, 6) is 1.50. The Morgan fingerprint density at radius 3 is 2.46 bits per heavy atom. The first-order valence-corrected chi connectivity index (χ1v) is 8.31. The summed E-state index contributed by atoms with van der Waals surface area (Å²) >= 11 is 0. The van der Waals surface area contributed by atoms with Gasteiger partial charge in [-0.25, -0.2) is 9.67 Å². The first-order valence-electron chi connectivity index (χ1n) is 8.31. The lowest BCUT2D eigenvalue weighted by atomic mass is 9.96. The number of carbonyl (C=O) groups is 1. The molecule has 1 N–H and O–H groups in total. The maximum atomic E-state index is 12.8. The van der Waals surface area contributed by atoms with Crippen LogP contribution in [-0.2, 0) is 0 Å². The summed E-state index contributed by atoms with van der Waals surface area (Å²) in [6.45, 7) is 7.98. The highest BCUT2D eigenvalue weighted by Crippen LogP contribution is 2.28. The van der Waals surface area contributed by atoms with Gasteiger partial charge in [0, 0.05) is 12.1 Å². The molecule has 0 spiro atoms. The Morgan fingerprint density at radius 1 is 1.25 bits per heavy atom. The van der Waals surface area contributed by atoms with E-state index in [2.05, 4.69) is 10.1 Å². The largest absolute Gasteiger partial charge is 0.388 e. The van der Waals surface area contributed by atoms with Gasteiger partial charge in [-0.1, -0.05) is 0 Å². The lowest BCUT2D eigenvalue weighted by Crippen LogP contribution is -2.48. The summed E-state index contributed by atoms with van der Waals surface area (Å²) in [6, 6.07) is 7.25. The quantitative estimate of drug-likeness (QED) is 0.938. The van der Waals surface area contributed by atoms with Gasteiger partial charge in [-0.2, -0.15) is 5.10 Å². The molecular formula is C18H24N4O2. The van der Waals surface area contributed by atoms with Gasteiger partial charge in [0.15, 0.2) is 0 Å². The van der Waals surface area contributed by atoms with E-state index in [9.17, 15) is 9.90 Å². The summed E-state index contributed by atoms with van der Waals surface area (Å²) in [4.78, 5) is 18.9. The van der Waals surface area contributed by atoms with Crippen molar-refractivity contribution < 1.29 is 9.90 Å². The minimum Gasteiger partial charge on any atom is -0.388 e. The van der Waals surface area contributed by atoms with Crippen molar-refractivity contribution in [2.45, 2.75) is 52.2 Å². The number of hydrogen-bond acceptors (Lipinski definition) is 4. The van der Waals surface area contributed by atoms with Crippen LogP contribution >= 0.6 is 0 Å². The zero-order valence-electron chi connectivity index (χ0n) is 14.7. The number of benzene rings is 1. The molecule has 2 aromatic rings. The molecule has 0 aliphatic carbocycles. The smallest absolute Gasteiger partial charge is 0.254 e. The Kier molecular flexibility index (Phi) is 4.17. The van der Waals surface area contributed by atoms with Gasteiger partial charge in [-0.3, -0.25) is 4.79 Å². The van der Waals surface area contributed by atoms with Crippen LogP contribution in [-0.4, -0.2) is 48.9 Å². The molecular weight excluding hydrogens is 304 g/mol. The molecule has 1 aromatic carbocycles. The molecule has 1 unspecified atom stereocenters. The van der Waals surface area contributed by atoms with Gasteiger partial charge in [0.05, 0.1) is 17.3 Å². The standard InChI is InChI=1S/C18H24N4O2/c1-12-19-13(2)22(20-12)15-9-7-14(8-10-15)17(23)21-11-5-6-16(21)18(3,4)24/h7-10,16,24H,5-6,11H2,1-4H3. The molecule has 1 saturated heterocycles. The molecule has 1 fully saturated rings. The molecule has 0 radical (unpaired) electrons. The fourth-order valence-electron chi connectivity index (χ4n) is 3.42. The van der Waals surface area contributed by atoms with E-state index in [0.29, 0.717) is 12.1 Å². The van der Waals surface area contributed by atoms with Gasteiger partial charge in [-0.15, -0.1) is 0 Å². The van der Waals surface area contributed by atoms with E-state index in [-0.39, 0.29) is 11.9 Å². The molecule has 1 aromatic heterocycles. The van der Waals surface area contributed by atoms with Crippen LogP contribution in [0.15, 0.2) is 24.3 Å². The van der Waals surface area contributed by atoms with Crippen LogP contribution in [0, 0.1) is 13.8 Å². The monoisotopic (exact) mass is 328 g/mol. The molecule has 6 nitrogen and oxygen atoms in total. The summed E-state index contributed by atoms with van der Waals surface area (Å²) in [5, 5.41) is 14.7. The predicted molar refractivity (Wildman–Crippen MR) is 91.2 cm³/mol. The average Bonchev–Trinajstić information content (AvgIpc) is 3.13. The Morgan fingerprint density at radius 2 is 1.92 bits per heavy atom. The zero-order valence-corrected chi connectivity index (χ0v) is 14.7. The molecule has 1 atom stereocenters. The molecule has 128 valence electrons. The number of nitrogens with zero attached hydrogens (tertiary/aromatic N) is 4. The van der Waals surface area contributed by atoms with Crippen LogP contribution in [0.5, 0.6) is 0 Å². The second-order valence-electron chi connectivity index (χ2n) is 6.98. The fraction of sp³-hybridized carbons (Fsp3) is 0.500. The molecule has 1 aliphatic heterocycles. The average molecular weight is 328 g/mol. The van der Waals surface area contributed by atoms with E-state index in [1.165, 1.54) is 0 Å². The van der Waals surface area contributed by atoms with Crippen LogP contribution in [0.25, 0.3) is 5.69 Å². The molecule has 24 heavy (non-hydrogen) atoms. The maximum absolute atomic E-state index is 12.8. The van der Waals surface area contributed by atoms with Crippen LogP contribution < -0.4 is 0 Å². The van der Waals surface area contributed by atoms with Gasteiger partial charge in [0.1, 0.15) is 11.6 Å². The first kappa shape index (κ1) is 16.6. The number of aliphatic hydroxyl groups is 1. The van der Waals surface area contributed by atoms with Crippen molar-refractivity contribution in [3.63, 3.8) is 0 Å². The third kappa shape index (κ3) is 3.06. The number of hydrogen-bond donors (Lipinski definition) is 1. The Labute approximate surface area is 142 Å². The Bertz CT molecular complexity index is 743. The third-order valence-corrected chi connectivity index (χ3v) is 4.56. The van der Waals surface area contributed by atoms with E-state index >= 15 is 0 Å². The fourth-order valence-corrected chi connectivity index (χ4v) is 3.42. The second kappa shape index (κ2) is 6.02. The van der Waals surface area contributed by atoms with Crippen molar-refractivity contribution in [3.05, 3.63) is 41.5 Å². The summed E-state index contributed by atoms with van der Waals surface area (Å²) in [6.07, 6.45) is 1.76. The lowest BCUT2D eigenvalue weighted by molar-refractivity contribution is 0.000336. The normalized spacial score (nSPS) is 18.2. The minimum atomic E-state index is -0.887. The topological polar surface area (TPSA) is 71.2 Å². The highest BCUT2D eigenvalue weighted by molar-refractivity contribution is 5.94. The summed E-state index contributed by atoms with van der Waals surface area (Å²) < 4.78 is 1.76. The van der Waals surface area contributed by atoms with E-state index in [1.54, 1.807) is 23.4 Å². The van der Waals surface area contributed by atoms with Crippen molar-refractivity contribution in [2.75, 3.05) is 6.54 Å². The van der Waals surface area contributed by atoms with Gasteiger partial charge < -0.3 is 10.0 Å². The van der Waals surface area contributed by atoms with Crippen molar-refractivity contribution in [2.24, 2.45) is 0 Å². The third-order valence-electron chi connectivity index (χ3n) is 4.56. The number of aryl methyl sites for hydroxylation is 2. The van der Waals surface area contributed by atoms with Crippen LogP contribution in [0.4, 0.5) is 0 Å². The zero-order chi connectivity index (χ0) is 17.5. The van der Waals surface area contributed by atoms with Crippen LogP contribution in [0.1, 0.15) is 48.7 Å². The minimum absolute atomic E-state index is 0.0299. The molecule has 0 saturated carbocycles. The van der Waals surface area contributed by atoms with Crippen molar-refractivity contribution in [1.29, 1.82) is 0 Å². The summed E-state index contributed by atoms with van der Waals surface area (Å²) in [5.41, 5.74) is 0.621. The molecule has 3 rings (SSSR count). The van der Waals surface area contributed by atoms with E-state index in [4.69, 9.17) is 0 Å². The van der Waals surface area contributed by atoms with Gasteiger partial charge in [0.25, 0.3) is 5.91 Å². The number of aromatic nitrogens is 3. The highest BCUT2D eigenvalue weighted by atomic mass is 16.3. The van der Waals surface area contributed by atoms with Gasteiger partial charge in [0.2, 0.25) is 0 Å². The molecule has 2 heterocycles. The van der Waals surface area contributed by atoms with Crippen molar-refractivity contribution in [1.82, 2.24) is 19.7 Å². The van der Waals surface area contributed by atoms with Gasteiger partial charge >= 0.3 is 0 Å². The maximum Gasteiger partial charge on any atom is 0.254 e. The first-order chi connectivity index (χ1) is 11.3. The number of carbonyl (C=O) groups excluding carboxylic acids is 1. The molecule has 1 aliphatic rings. The predicted octanol–water partition coefficient (Wildman–Crippen LogP) is 2.26. The molecule has 6 heteroatoms. The number of amides is 1. The van der Waals surface area contributed by atoms with E-state index in [0.717, 1.165) is 30.2 Å². The van der Waals surface area contributed by atoms with Crippen molar-refractivity contribution >= 4 is 5.91 Å². The Balaban J connectivity index is 1.83. The number of rotatable bonds is 3. The highest BCUT2D eigenvalue weighted by Gasteiger charge is 2.38. The molecule has 0 bridgehead atoms. The SMILES string of the molecule is Cc1nc(C)n(-c2ccc(C(=O)N3CCCC3C(C)(C)O)cc2)n1. The Hall–Kier alpha value is -2.21. The van der Waals surface area contributed by atoms with Crippen LogP contribution in [0.2, 0.25) is 0 Å². The van der Waals surface area contributed by atoms with Gasteiger partial charge in [-0.05, 0) is 64.8 Å². The second-order valence-corrected chi connectivity index (χ2v) is 6.98. The lowest BCUT2D eigenvalue weighted by Gasteiger charge is -2.33. The van der Waals surface area contributed by atoms with E-state index in [1.807, 2.05) is 38.1 Å². The summed E-state index contributed by atoms with van der Waals surface area (Å²) in [7, 11) is 0. The molecule has 1 amide bonds.